The second-order valence-electron chi connectivity index (χ2n) is 6.19. The number of hydrogen-bond acceptors (Lipinski definition) is 5. The van der Waals surface area contributed by atoms with Crippen LogP contribution in [0, 0.1) is 0 Å². The van der Waals surface area contributed by atoms with Gasteiger partial charge in [0, 0.05) is 6.42 Å². The van der Waals surface area contributed by atoms with Crippen LogP contribution in [0.2, 0.25) is 0 Å². The minimum atomic E-state index is -0.963. The molecule has 3 rings (SSSR count). The summed E-state index contributed by atoms with van der Waals surface area (Å²) in [6.07, 6.45) is -2.68. The molecule has 4 atom stereocenters. The first-order valence-electron chi connectivity index (χ1n) is 8.51. The SMILES string of the molecule is O[C@@H]1CC(OCc2ccccc2)[C@H](O)[C@@H](COCc2ccccc2)O1. The zero-order chi connectivity index (χ0) is 17.5. The van der Waals surface area contributed by atoms with Crippen LogP contribution in [0.3, 0.4) is 0 Å². The van der Waals surface area contributed by atoms with E-state index in [4.69, 9.17) is 14.2 Å². The van der Waals surface area contributed by atoms with Gasteiger partial charge in [-0.25, -0.2) is 0 Å². The Morgan fingerprint density at radius 1 is 0.880 bits per heavy atom. The van der Waals surface area contributed by atoms with Gasteiger partial charge in [0.25, 0.3) is 0 Å². The summed E-state index contributed by atoms with van der Waals surface area (Å²) in [4.78, 5) is 0. The molecule has 0 aliphatic carbocycles. The molecule has 0 radical (unpaired) electrons. The van der Waals surface area contributed by atoms with E-state index >= 15 is 0 Å². The number of ether oxygens (including phenoxy) is 3. The van der Waals surface area contributed by atoms with Gasteiger partial charge < -0.3 is 24.4 Å². The van der Waals surface area contributed by atoms with Crippen LogP contribution in [0.4, 0.5) is 0 Å². The summed E-state index contributed by atoms with van der Waals surface area (Å²) < 4.78 is 16.9. The summed E-state index contributed by atoms with van der Waals surface area (Å²) in [6, 6.07) is 19.5. The number of aliphatic hydroxyl groups excluding tert-OH is 2. The lowest BCUT2D eigenvalue weighted by molar-refractivity contribution is -0.253. The molecule has 0 aromatic heterocycles. The van der Waals surface area contributed by atoms with Gasteiger partial charge in [-0.15, -0.1) is 0 Å². The molecule has 5 heteroatoms. The summed E-state index contributed by atoms with van der Waals surface area (Å²) >= 11 is 0. The summed E-state index contributed by atoms with van der Waals surface area (Å²) in [5.41, 5.74) is 2.07. The zero-order valence-corrected chi connectivity index (χ0v) is 14.0. The molecule has 0 spiro atoms. The molecular weight excluding hydrogens is 320 g/mol. The molecule has 0 saturated carbocycles. The van der Waals surface area contributed by atoms with Crippen LogP contribution < -0.4 is 0 Å². The second kappa shape index (κ2) is 9.08. The molecule has 1 unspecified atom stereocenters. The lowest BCUT2D eigenvalue weighted by atomic mass is 10.0. The van der Waals surface area contributed by atoms with E-state index < -0.39 is 24.6 Å². The van der Waals surface area contributed by atoms with Crippen molar-refractivity contribution < 1.29 is 24.4 Å². The van der Waals surface area contributed by atoms with Crippen LogP contribution in [0.5, 0.6) is 0 Å². The molecule has 1 heterocycles. The Labute approximate surface area is 147 Å². The quantitative estimate of drug-likeness (QED) is 0.806. The van der Waals surface area contributed by atoms with Gasteiger partial charge in [-0.1, -0.05) is 60.7 Å². The third-order valence-electron chi connectivity index (χ3n) is 4.23. The van der Waals surface area contributed by atoms with Crippen molar-refractivity contribution in [3.63, 3.8) is 0 Å². The highest BCUT2D eigenvalue weighted by Gasteiger charge is 2.37. The van der Waals surface area contributed by atoms with Gasteiger partial charge in [-0.05, 0) is 11.1 Å². The van der Waals surface area contributed by atoms with E-state index in [9.17, 15) is 10.2 Å². The van der Waals surface area contributed by atoms with E-state index in [2.05, 4.69) is 0 Å². The molecule has 1 saturated heterocycles. The molecular formula is C20H24O5. The van der Waals surface area contributed by atoms with Crippen molar-refractivity contribution in [2.75, 3.05) is 6.61 Å². The fraction of sp³-hybridized carbons (Fsp3) is 0.400. The Hall–Kier alpha value is -1.76. The molecule has 134 valence electrons. The summed E-state index contributed by atoms with van der Waals surface area (Å²) in [6.45, 7) is 1.00. The molecule has 2 aromatic carbocycles. The average molecular weight is 344 g/mol. The Morgan fingerprint density at radius 3 is 2.12 bits per heavy atom. The molecule has 1 aliphatic heterocycles. The first-order valence-corrected chi connectivity index (χ1v) is 8.51. The monoisotopic (exact) mass is 344 g/mol. The number of hydrogen-bond donors (Lipinski definition) is 2. The molecule has 0 bridgehead atoms. The lowest BCUT2D eigenvalue weighted by Crippen LogP contribution is -2.51. The van der Waals surface area contributed by atoms with E-state index in [-0.39, 0.29) is 13.0 Å². The van der Waals surface area contributed by atoms with Crippen molar-refractivity contribution in [1.82, 2.24) is 0 Å². The number of aliphatic hydroxyl groups is 2. The maximum atomic E-state index is 10.5. The lowest BCUT2D eigenvalue weighted by Gasteiger charge is -2.37. The van der Waals surface area contributed by atoms with E-state index in [1.165, 1.54) is 0 Å². The van der Waals surface area contributed by atoms with Crippen molar-refractivity contribution in [3.05, 3.63) is 71.8 Å². The first-order chi connectivity index (χ1) is 12.2. The standard InChI is InChI=1S/C20H24O5/c21-19-11-17(24-13-16-9-5-2-6-10-16)20(22)18(25-19)14-23-12-15-7-3-1-4-8-15/h1-10,17-22H,11-14H2/t17?,18-,19+,20+/m1/s1. The molecule has 25 heavy (non-hydrogen) atoms. The minimum Gasteiger partial charge on any atom is -0.388 e. The number of rotatable bonds is 7. The van der Waals surface area contributed by atoms with Crippen molar-refractivity contribution in [2.45, 2.75) is 44.2 Å². The van der Waals surface area contributed by atoms with Crippen molar-refractivity contribution >= 4 is 0 Å². The summed E-state index contributed by atoms with van der Waals surface area (Å²) in [5.74, 6) is 0. The Balaban J connectivity index is 1.49. The smallest absolute Gasteiger partial charge is 0.157 e. The fourth-order valence-electron chi connectivity index (χ4n) is 2.86. The van der Waals surface area contributed by atoms with Crippen molar-refractivity contribution in [3.8, 4) is 0 Å². The van der Waals surface area contributed by atoms with Gasteiger partial charge >= 0.3 is 0 Å². The molecule has 1 fully saturated rings. The Bertz CT molecular complexity index is 618. The van der Waals surface area contributed by atoms with Crippen molar-refractivity contribution in [1.29, 1.82) is 0 Å². The van der Waals surface area contributed by atoms with E-state index in [1.54, 1.807) is 0 Å². The largest absolute Gasteiger partial charge is 0.388 e. The minimum absolute atomic E-state index is 0.193. The van der Waals surface area contributed by atoms with Crippen LogP contribution in [0.25, 0.3) is 0 Å². The highest BCUT2D eigenvalue weighted by molar-refractivity contribution is 5.14. The van der Waals surface area contributed by atoms with Crippen LogP contribution in [0.15, 0.2) is 60.7 Å². The van der Waals surface area contributed by atoms with Crippen LogP contribution in [0.1, 0.15) is 17.5 Å². The van der Waals surface area contributed by atoms with Gasteiger partial charge in [-0.3, -0.25) is 0 Å². The molecule has 5 nitrogen and oxygen atoms in total. The summed E-state index contributed by atoms with van der Waals surface area (Å²) in [7, 11) is 0. The second-order valence-corrected chi connectivity index (χ2v) is 6.19. The highest BCUT2D eigenvalue weighted by Crippen LogP contribution is 2.23. The Morgan fingerprint density at radius 2 is 1.48 bits per heavy atom. The van der Waals surface area contributed by atoms with E-state index in [1.807, 2.05) is 60.7 Å². The van der Waals surface area contributed by atoms with Gasteiger partial charge in [0.15, 0.2) is 6.29 Å². The van der Waals surface area contributed by atoms with Crippen LogP contribution in [-0.2, 0) is 27.4 Å². The third kappa shape index (κ3) is 5.36. The fourth-order valence-corrected chi connectivity index (χ4v) is 2.86. The van der Waals surface area contributed by atoms with E-state index in [0.717, 1.165) is 11.1 Å². The molecule has 0 amide bonds. The predicted molar refractivity (Wildman–Crippen MR) is 92.6 cm³/mol. The Kier molecular flexibility index (Phi) is 6.55. The van der Waals surface area contributed by atoms with Gasteiger partial charge in [0.05, 0.1) is 25.9 Å². The number of benzene rings is 2. The highest BCUT2D eigenvalue weighted by atomic mass is 16.6. The topological polar surface area (TPSA) is 68.2 Å². The third-order valence-corrected chi connectivity index (χ3v) is 4.23. The van der Waals surface area contributed by atoms with Gasteiger partial charge in [-0.2, -0.15) is 0 Å². The van der Waals surface area contributed by atoms with Gasteiger partial charge in [0.1, 0.15) is 12.2 Å². The molecule has 2 aromatic rings. The van der Waals surface area contributed by atoms with E-state index in [0.29, 0.717) is 13.2 Å². The van der Waals surface area contributed by atoms with Crippen molar-refractivity contribution in [2.24, 2.45) is 0 Å². The predicted octanol–water partition coefficient (Wildman–Crippen LogP) is 2.26. The molecule has 1 aliphatic rings. The normalized spacial score (nSPS) is 26.5. The van der Waals surface area contributed by atoms with Crippen LogP contribution in [-0.4, -0.2) is 41.4 Å². The first kappa shape index (κ1) is 18.0. The van der Waals surface area contributed by atoms with Gasteiger partial charge in [0.2, 0.25) is 0 Å². The molecule has 2 N–H and O–H groups in total. The zero-order valence-electron chi connectivity index (χ0n) is 14.0. The average Bonchev–Trinajstić information content (AvgIpc) is 2.65. The maximum absolute atomic E-state index is 10.5. The summed E-state index contributed by atoms with van der Waals surface area (Å²) in [5, 5.41) is 20.4. The maximum Gasteiger partial charge on any atom is 0.157 e. The van der Waals surface area contributed by atoms with Crippen LogP contribution >= 0.6 is 0 Å².